The predicted octanol–water partition coefficient (Wildman–Crippen LogP) is 0.910. The molecular formula is C6H10N2. The zero-order valence-corrected chi connectivity index (χ0v) is 4.96. The first-order valence-electron chi connectivity index (χ1n) is 2.88. The zero-order valence-electron chi connectivity index (χ0n) is 4.96. The zero-order chi connectivity index (χ0) is 5.82. The van der Waals surface area contributed by atoms with Crippen LogP contribution in [-0.2, 0) is 0 Å². The molecule has 1 aliphatic rings. The lowest BCUT2D eigenvalue weighted by atomic mass is 10.3. The number of nitrogens with zero attached hydrogens (tertiary/aromatic N) is 1. The van der Waals surface area contributed by atoms with Crippen molar-refractivity contribution < 1.29 is 0 Å². The predicted molar refractivity (Wildman–Crippen MR) is 34.8 cm³/mol. The minimum atomic E-state index is 0.319. The number of nitrogens with one attached hydrogen (secondary N) is 1. The van der Waals surface area contributed by atoms with Crippen molar-refractivity contribution in [3.05, 3.63) is 12.3 Å². The van der Waals surface area contributed by atoms with Crippen LogP contribution < -0.4 is 5.32 Å². The van der Waals surface area contributed by atoms with E-state index in [9.17, 15) is 0 Å². The van der Waals surface area contributed by atoms with Crippen molar-refractivity contribution in [1.29, 1.82) is 0 Å². The molecule has 1 N–H and O–H groups in total. The first kappa shape index (κ1) is 5.35. The minimum Gasteiger partial charge on any atom is -0.370 e. The molecule has 0 aliphatic carbocycles. The van der Waals surface area contributed by atoms with Gasteiger partial charge in [-0.05, 0) is 18.7 Å². The smallest absolute Gasteiger partial charge is 0.117 e. The molecule has 0 saturated carbocycles. The molecule has 0 spiro atoms. The van der Waals surface area contributed by atoms with Crippen LogP contribution in [-0.4, -0.2) is 12.4 Å². The first-order chi connectivity index (χ1) is 3.93. The summed E-state index contributed by atoms with van der Waals surface area (Å²) in [6, 6.07) is 0. The van der Waals surface area contributed by atoms with Crippen LogP contribution >= 0.6 is 0 Å². The molecule has 0 saturated heterocycles. The Labute approximate surface area is 49.3 Å². The Kier molecular flexibility index (Phi) is 1.67. The van der Waals surface area contributed by atoms with E-state index >= 15 is 0 Å². The van der Waals surface area contributed by atoms with Gasteiger partial charge in [0.15, 0.2) is 0 Å². The Hall–Kier alpha value is -0.790. The summed E-state index contributed by atoms with van der Waals surface area (Å²) in [7, 11) is 0. The highest BCUT2D eigenvalue weighted by atomic mass is 15.1. The van der Waals surface area contributed by atoms with E-state index in [1.165, 1.54) is 0 Å². The second-order valence-electron chi connectivity index (χ2n) is 1.75. The van der Waals surface area contributed by atoms with E-state index in [0.29, 0.717) is 6.17 Å². The van der Waals surface area contributed by atoms with Gasteiger partial charge in [0.1, 0.15) is 6.17 Å². The standard InChI is InChI=1S/C6H10N2/c1-2-6-7-4-3-5-8-6/h3-7H,2H2,1H3. The van der Waals surface area contributed by atoms with Crippen LogP contribution in [0, 0.1) is 0 Å². The van der Waals surface area contributed by atoms with Crippen LogP contribution in [0.4, 0.5) is 0 Å². The van der Waals surface area contributed by atoms with Crippen molar-refractivity contribution in [3.63, 3.8) is 0 Å². The molecule has 8 heavy (non-hydrogen) atoms. The maximum atomic E-state index is 4.12. The normalized spacial score (nSPS) is 25.4. The van der Waals surface area contributed by atoms with Crippen LogP contribution in [0.5, 0.6) is 0 Å². The summed E-state index contributed by atoms with van der Waals surface area (Å²) in [4.78, 5) is 4.12. The summed E-state index contributed by atoms with van der Waals surface area (Å²) in [6.45, 7) is 2.11. The largest absolute Gasteiger partial charge is 0.370 e. The number of aliphatic imine (C=N–C) groups is 1. The van der Waals surface area contributed by atoms with E-state index in [2.05, 4.69) is 17.2 Å². The van der Waals surface area contributed by atoms with Crippen LogP contribution in [0.3, 0.4) is 0 Å². The van der Waals surface area contributed by atoms with E-state index in [-0.39, 0.29) is 0 Å². The molecule has 0 amide bonds. The maximum absolute atomic E-state index is 4.12. The van der Waals surface area contributed by atoms with Crippen molar-refractivity contribution in [2.45, 2.75) is 19.5 Å². The van der Waals surface area contributed by atoms with E-state index in [1.54, 1.807) is 0 Å². The summed E-state index contributed by atoms with van der Waals surface area (Å²) in [6.07, 6.45) is 7.01. The molecule has 1 aliphatic heterocycles. The van der Waals surface area contributed by atoms with Gasteiger partial charge in [0.2, 0.25) is 0 Å². The van der Waals surface area contributed by atoms with Gasteiger partial charge in [-0.15, -0.1) is 0 Å². The van der Waals surface area contributed by atoms with Gasteiger partial charge in [0.05, 0.1) is 0 Å². The van der Waals surface area contributed by atoms with Gasteiger partial charge >= 0.3 is 0 Å². The van der Waals surface area contributed by atoms with Crippen LogP contribution in [0.15, 0.2) is 17.3 Å². The highest BCUT2D eigenvalue weighted by Crippen LogP contribution is 1.93. The molecule has 2 heteroatoms. The third kappa shape index (κ3) is 1.09. The molecule has 1 unspecified atom stereocenters. The van der Waals surface area contributed by atoms with Crippen molar-refractivity contribution in [2.24, 2.45) is 4.99 Å². The molecule has 0 aromatic rings. The lowest BCUT2D eigenvalue weighted by Crippen LogP contribution is -2.22. The number of hydrogen-bond donors (Lipinski definition) is 1. The molecule has 1 heterocycles. The minimum absolute atomic E-state index is 0.319. The summed E-state index contributed by atoms with van der Waals surface area (Å²) in [5.41, 5.74) is 0. The van der Waals surface area contributed by atoms with Crippen molar-refractivity contribution in [3.8, 4) is 0 Å². The molecule has 0 bridgehead atoms. The van der Waals surface area contributed by atoms with Gasteiger partial charge < -0.3 is 5.32 Å². The van der Waals surface area contributed by atoms with Gasteiger partial charge in [-0.3, -0.25) is 4.99 Å². The number of rotatable bonds is 1. The summed E-state index contributed by atoms with van der Waals surface area (Å²) in [5.74, 6) is 0. The fraction of sp³-hybridized carbons (Fsp3) is 0.500. The highest BCUT2D eigenvalue weighted by Gasteiger charge is 1.97. The fourth-order valence-electron chi connectivity index (χ4n) is 0.630. The Bertz CT molecular complexity index is 116. The first-order valence-corrected chi connectivity index (χ1v) is 2.88. The Balaban J connectivity index is 2.40. The molecule has 1 atom stereocenters. The average Bonchev–Trinajstić information content (AvgIpc) is 1.90. The van der Waals surface area contributed by atoms with E-state index in [1.807, 2.05) is 18.5 Å². The highest BCUT2D eigenvalue weighted by molar-refractivity contribution is 5.71. The van der Waals surface area contributed by atoms with E-state index in [0.717, 1.165) is 6.42 Å². The van der Waals surface area contributed by atoms with Crippen LogP contribution in [0.1, 0.15) is 13.3 Å². The van der Waals surface area contributed by atoms with Crippen LogP contribution in [0.25, 0.3) is 0 Å². The summed E-state index contributed by atoms with van der Waals surface area (Å²) < 4.78 is 0. The third-order valence-corrected chi connectivity index (χ3v) is 1.12. The Morgan fingerprint density at radius 3 is 3.00 bits per heavy atom. The van der Waals surface area contributed by atoms with E-state index < -0.39 is 0 Å². The molecule has 1 rings (SSSR count). The maximum Gasteiger partial charge on any atom is 0.117 e. The molecule has 2 nitrogen and oxygen atoms in total. The summed E-state index contributed by atoms with van der Waals surface area (Å²) >= 11 is 0. The monoisotopic (exact) mass is 110 g/mol. The van der Waals surface area contributed by atoms with Crippen molar-refractivity contribution >= 4 is 6.21 Å². The number of allylic oxidation sites excluding steroid dienone is 1. The van der Waals surface area contributed by atoms with Gasteiger partial charge in [-0.1, -0.05) is 6.92 Å². The topological polar surface area (TPSA) is 24.4 Å². The lowest BCUT2D eigenvalue weighted by molar-refractivity contribution is 0.592. The summed E-state index contributed by atoms with van der Waals surface area (Å²) in [5, 5.41) is 3.09. The fourth-order valence-corrected chi connectivity index (χ4v) is 0.630. The Morgan fingerprint density at radius 1 is 1.75 bits per heavy atom. The average molecular weight is 110 g/mol. The molecular weight excluding hydrogens is 100 g/mol. The van der Waals surface area contributed by atoms with Crippen molar-refractivity contribution in [2.75, 3.05) is 0 Å². The quantitative estimate of drug-likeness (QED) is 0.533. The Morgan fingerprint density at radius 2 is 2.62 bits per heavy atom. The van der Waals surface area contributed by atoms with Gasteiger partial charge in [0.25, 0.3) is 0 Å². The number of hydrogen-bond acceptors (Lipinski definition) is 2. The molecule has 0 fully saturated rings. The van der Waals surface area contributed by atoms with Gasteiger partial charge in [0, 0.05) is 6.21 Å². The third-order valence-electron chi connectivity index (χ3n) is 1.12. The molecule has 44 valence electrons. The SMILES string of the molecule is CCC1N=CC=CN1. The molecule has 0 radical (unpaired) electrons. The van der Waals surface area contributed by atoms with Gasteiger partial charge in [-0.25, -0.2) is 0 Å². The molecule has 0 aromatic heterocycles. The van der Waals surface area contributed by atoms with Crippen molar-refractivity contribution in [1.82, 2.24) is 5.32 Å². The van der Waals surface area contributed by atoms with Crippen LogP contribution in [0.2, 0.25) is 0 Å². The molecule has 0 aromatic carbocycles. The van der Waals surface area contributed by atoms with Gasteiger partial charge in [-0.2, -0.15) is 0 Å². The second-order valence-corrected chi connectivity index (χ2v) is 1.75. The van der Waals surface area contributed by atoms with E-state index in [4.69, 9.17) is 0 Å². The lowest BCUT2D eigenvalue weighted by Gasteiger charge is -2.11. The second kappa shape index (κ2) is 2.50.